The van der Waals surface area contributed by atoms with Gasteiger partial charge in [-0.2, -0.15) is 0 Å². The van der Waals surface area contributed by atoms with Crippen molar-refractivity contribution in [3.05, 3.63) is 47.3 Å². The van der Waals surface area contributed by atoms with Crippen molar-refractivity contribution in [3.63, 3.8) is 0 Å². The second-order valence-corrected chi connectivity index (χ2v) is 6.05. The molecule has 1 saturated heterocycles. The highest BCUT2D eigenvalue weighted by molar-refractivity contribution is 7.15. The van der Waals surface area contributed by atoms with Crippen molar-refractivity contribution in [1.29, 1.82) is 0 Å². The van der Waals surface area contributed by atoms with Gasteiger partial charge in [-0.15, -0.1) is 11.3 Å². The Morgan fingerprint density at radius 1 is 1.25 bits per heavy atom. The molecule has 4 heteroatoms. The molecule has 104 valence electrons. The van der Waals surface area contributed by atoms with E-state index in [4.69, 9.17) is 0 Å². The van der Waals surface area contributed by atoms with Gasteiger partial charge in [0, 0.05) is 16.3 Å². The molecule has 2 aromatic rings. The number of nitrogens with one attached hydrogen (secondary N) is 1. The van der Waals surface area contributed by atoms with Crippen LogP contribution in [0, 0.1) is 0 Å². The lowest BCUT2D eigenvalue weighted by molar-refractivity contribution is -0.128. The SMILES string of the molecule is CCCN1C(=O)CNC1c1ccc(-c2ccccc2)s1. The van der Waals surface area contributed by atoms with Gasteiger partial charge in [-0.25, -0.2) is 0 Å². The molecule has 1 aromatic heterocycles. The van der Waals surface area contributed by atoms with Crippen LogP contribution in [0.3, 0.4) is 0 Å². The lowest BCUT2D eigenvalue weighted by Gasteiger charge is -2.22. The molecule has 1 aliphatic heterocycles. The van der Waals surface area contributed by atoms with Crippen LogP contribution in [0.1, 0.15) is 24.4 Å². The lowest BCUT2D eigenvalue weighted by Crippen LogP contribution is -2.30. The minimum absolute atomic E-state index is 0.0462. The summed E-state index contributed by atoms with van der Waals surface area (Å²) >= 11 is 1.76. The monoisotopic (exact) mass is 286 g/mol. The minimum Gasteiger partial charge on any atom is -0.321 e. The molecule has 0 aliphatic carbocycles. The molecule has 1 fully saturated rings. The fourth-order valence-corrected chi connectivity index (χ4v) is 3.65. The summed E-state index contributed by atoms with van der Waals surface area (Å²) in [7, 11) is 0. The maximum absolute atomic E-state index is 11.9. The predicted octanol–water partition coefficient (Wildman–Crippen LogP) is 3.26. The Kier molecular flexibility index (Phi) is 3.85. The Morgan fingerprint density at radius 3 is 2.80 bits per heavy atom. The molecular weight excluding hydrogens is 268 g/mol. The zero-order valence-electron chi connectivity index (χ0n) is 11.5. The number of rotatable bonds is 4. The first-order chi connectivity index (χ1) is 9.79. The normalized spacial score (nSPS) is 18.8. The van der Waals surface area contributed by atoms with E-state index < -0.39 is 0 Å². The van der Waals surface area contributed by atoms with Crippen LogP contribution in [0.2, 0.25) is 0 Å². The zero-order valence-corrected chi connectivity index (χ0v) is 12.3. The number of hydrogen-bond acceptors (Lipinski definition) is 3. The smallest absolute Gasteiger partial charge is 0.238 e. The number of nitrogens with zero attached hydrogens (tertiary/aromatic N) is 1. The summed E-state index contributed by atoms with van der Waals surface area (Å²) in [5.74, 6) is 0.200. The van der Waals surface area contributed by atoms with Gasteiger partial charge in [-0.05, 0) is 24.1 Å². The van der Waals surface area contributed by atoms with Crippen LogP contribution in [0.4, 0.5) is 0 Å². The van der Waals surface area contributed by atoms with Crippen LogP contribution in [0.25, 0.3) is 10.4 Å². The van der Waals surface area contributed by atoms with E-state index in [1.165, 1.54) is 15.3 Å². The number of hydrogen-bond donors (Lipinski definition) is 1. The minimum atomic E-state index is 0.0462. The van der Waals surface area contributed by atoms with Gasteiger partial charge >= 0.3 is 0 Å². The highest BCUT2D eigenvalue weighted by Gasteiger charge is 2.31. The summed E-state index contributed by atoms with van der Waals surface area (Å²) in [6.45, 7) is 3.37. The molecule has 1 unspecified atom stereocenters. The molecule has 1 aromatic carbocycles. The first kappa shape index (κ1) is 13.3. The van der Waals surface area contributed by atoms with E-state index in [-0.39, 0.29) is 12.1 Å². The molecule has 1 amide bonds. The Labute approximate surface area is 123 Å². The second kappa shape index (κ2) is 5.77. The summed E-state index contributed by atoms with van der Waals surface area (Å²) in [4.78, 5) is 16.3. The fraction of sp³-hybridized carbons (Fsp3) is 0.312. The van der Waals surface area contributed by atoms with Crippen molar-refractivity contribution in [3.8, 4) is 10.4 Å². The maximum atomic E-state index is 11.9. The van der Waals surface area contributed by atoms with Gasteiger partial charge in [0.1, 0.15) is 6.17 Å². The Balaban J connectivity index is 1.85. The number of carbonyl (C=O) groups excluding carboxylic acids is 1. The Bertz CT molecular complexity index is 594. The van der Waals surface area contributed by atoms with E-state index in [1.54, 1.807) is 11.3 Å². The molecule has 1 aliphatic rings. The predicted molar refractivity (Wildman–Crippen MR) is 82.5 cm³/mol. The Hall–Kier alpha value is -1.65. The van der Waals surface area contributed by atoms with Gasteiger partial charge in [-0.1, -0.05) is 37.3 Å². The third-order valence-electron chi connectivity index (χ3n) is 3.50. The van der Waals surface area contributed by atoms with E-state index in [2.05, 4.69) is 48.6 Å². The molecule has 3 nitrogen and oxygen atoms in total. The van der Waals surface area contributed by atoms with Gasteiger partial charge in [0.05, 0.1) is 6.54 Å². The third kappa shape index (κ3) is 2.49. The summed E-state index contributed by atoms with van der Waals surface area (Å²) in [5, 5.41) is 3.31. The van der Waals surface area contributed by atoms with Crippen molar-refractivity contribution in [2.24, 2.45) is 0 Å². The van der Waals surface area contributed by atoms with Crippen LogP contribution in [0.5, 0.6) is 0 Å². The second-order valence-electron chi connectivity index (χ2n) is 4.94. The van der Waals surface area contributed by atoms with Gasteiger partial charge in [0.15, 0.2) is 0 Å². The summed E-state index contributed by atoms with van der Waals surface area (Å²) in [5.41, 5.74) is 1.23. The largest absolute Gasteiger partial charge is 0.321 e. The topological polar surface area (TPSA) is 32.3 Å². The molecular formula is C16H18N2OS. The van der Waals surface area contributed by atoms with Gasteiger partial charge in [0.25, 0.3) is 0 Å². The standard InChI is InChI=1S/C16H18N2OS/c1-2-10-18-15(19)11-17-16(18)14-9-8-13(20-14)12-6-4-3-5-7-12/h3-9,16-17H,2,10-11H2,1H3. The van der Waals surface area contributed by atoms with Crippen molar-refractivity contribution in [1.82, 2.24) is 10.2 Å². The highest BCUT2D eigenvalue weighted by Crippen LogP contribution is 2.34. The summed E-state index contributed by atoms with van der Waals surface area (Å²) < 4.78 is 0. The van der Waals surface area contributed by atoms with Gasteiger partial charge in [0.2, 0.25) is 5.91 Å². The maximum Gasteiger partial charge on any atom is 0.238 e. The van der Waals surface area contributed by atoms with E-state index in [9.17, 15) is 4.79 Å². The average Bonchev–Trinajstić information content (AvgIpc) is 3.08. The molecule has 0 bridgehead atoms. The van der Waals surface area contributed by atoms with Gasteiger partial charge < -0.3 is 4.90 Å². The molecule has 2 heterocycles. The molecule has 1 atom stereocenters. The van der Waals surface area contributed by atoms with Crippen LogP contribution in [-0.4, -0.2) is 23.9 Å². The molecule has 0 saturated carbocycles. The first-order valence-corrected chi connectivity index (χ1v) is 7.79. The number of thiophene rings is 1. The van der Waals surface area contributed by atoms with Crippen LogP contribution >= 0.6 is 11.3 Å². The van der Waals surface area contributed by atoms with Crippen LogP contribution < -0.4 is 5.32 Å². The molecule has 1 N–H and O–H groups in total. The molecule has 0 spiro atoms. The average molecular weight is 286 g/mol. The summed E-state index contributed by atoms with van der Waals surface area (Å²) in [6, 6.07) is 14.6. The van der Waals surface area contributed by atoms with Crippen LogP contribution in [0.15, 0.2) is 42.5 Å². The number of amides is 1. The van der Waals surface area contributed by atoms with Gasteiger partial charge in [-0.3, -0.25) is 10.1 Å². The number of benzene rings is 1. The van der Waals surface area contributed by atoms with E-state index in [0.29, 0.717) is 6.54 Å². The van der Waals surface area contributed by atoms with Crippen LogP contribution in [-0.2, 0) is 4.79 Å². The Morgan fingerprint density at radius 2 is 2.05 bits per heavy atom. The van der Waals surface area contributed by atoms with Crippen molar-refractivity contribution in [2.75, 3.05) is 13.1 Å². The fourth-order valence-electron chi connectivity index (χ4n) is 2.55. The quantitative estimate of drug-likeness (QED) is 0.935. The van der Waals surface area contributed by atoms with Crippen molar-refractivity contribution < 1.29 is 4.79 Å². The molecule has 3 rings (SSSR count). The van der Waals surface area contributed by atoms with E-state index >= 15 is 0 Å². The summed E-state index contributed by atoms with van der Waals surface area (Å²) in [6.07, 6.45) is 1.03. The first-order valence-electron chi connectivity index (χ1n) is 6.97. The number of carbonyl (C=O) groups is 1. The van der Waals surface area contributed by atoms with Crippen molar-refractivity contribution in [2.45, 2.75) is 19.5 Å². The van der Waals surface area contributed by atoms with E-state index in [0.717, 1.165) is 13.0 Å². The zero-order chi connectivity index (χ0) is 13.9. The molecule has 0 radical (unpaired) electrons. The third-order valence-corrected chi connectivity index (χ3v) is 4.68. The molecule has 20 heavy (non-hydrogen) atoms. The van der Waals surface area contributed by atoms with E-state index in [1.807, 2.05) is 11.0 Å². The highest BCUT2D eigenvalue weighted by atomic mass is 32.1. The lowest BCUT2D eigenvalue weighted by atomic mass is 10.2. The van der Waals surface area contributed by atoms with Crippen molar-refractivity contribution >= 4 is 17.2 Å².